The van der Waals surface area contributed by atoms with Gasteiger partial charge in [0.2, 0.25) is 5.95 Å². The van der Waals surface area contributed by atoms with Gasteiger partial charge >= 0.3 is 0 Å². The smallest absolute Gasteiger partial charge is 0.227 e. The van der Waals surface area contributed by atoms with Crippen LogP contribution in [0.5, 0.6) is 0 Å². The molecule has 5 nitrogen and oxygen atoms in total. The fourth-order valence-corrected chi connectivity index (χ4v) is 3.38. The van der Waals surface area contributed by atoms with E-state index in [2.05, 4.69) is 42.6 Å². The number of thiophene rings is 1. The largest absolute Gasteiger partial charge is 0.371 e. The molecule has 22 heavy (non-hydrogen) atoms. The molecule has 0 bridgehead atoms. The van der Waals surface area contributed by atoms with Crippen molar-refractivity contribution in [1.29, 1.82) is 0 Å². The van der Waals surface area contributed by atoms with Crippen molar-refractivity contribution in [1.82, 2.24) is 14.9 Å². The van der Waals surface area contributed by atoms with Gasteiger partial charge in [-0.05, 0) is 17.9 Å². The van der Waals surface area contributed by atoms with Gasteiger partial charge in [0, 0.05) is 44.6 Å². The maximum Gasteiger partial charge on any atom is 0.227 e. The minimum absolute atomic E-state index is 0.254. The van der Waals surface area contributed by atoms with Crippen LogP contribution in [-0.4, -0.2) is 48.1 Å². The molecular weight excluding hydrogens is 301 g/mol. The third kappa shape index (κ3) is 3.53. The van der Waals surface area contributed by atoms with E-state index in [1.54, 1.807) is 18.4 Å². The summed E-state index contributed by atoms with van der Waals surface area (Å²) in [6.45, 7) is 4.79. The predicted octanol–water partition coefficient (Wildman–Crippen LogP) is 2.43. The third-order valence-electron chi connectivity index (χ3n) is 3.80. The molecule has 118 valence electrons. The number of nitrogens with one attached hydrogen (secondary N) is 1. The summed E-state index contributed by atoms with van der Waals surface area (Å²) >= 11 is 1.80. The fourth-order valence-electron chi connectivity index (χ4n) is 2.64. The molecule has 7 heteroatoms. The van der Waals surface area contributed by atoms with Crippen LogP contribution in [0.1, 0.15) is 11.3 Å². The van der Waals surface area contributed by atoms with Gasteiger partial charge in [-0.3, -0.25) is 4.90 Å². The Labute approximate surface area is 133 Å². The van der Waals surface area contributed by atoms with Crippen LogP contribution in [0.3, 0.4) is 0 Å². The van der Waals surface area contributed by atoms with Gasteiger partial charge in [-0.2, -0.15) is 4.98 Å². The molecule has 3 rings (SSSR count). The molecule has 0 spiro atoms. The highest BCUT2D eigenvalue weighted by Crippen LogP contribution is 2.18. The van der Waals surface area contributed by atoms with Gasteiger partial charge in [-0.25, -0.2) is 9.37 Å². The van der Waals surface area contributed by atoms with E-state index in [1.165, 1.54) is 11.1 Å². The highest BCUT2D eigenvalue weighted by Gasteiger charge is 2.18. The Kier molecular flexibility index (Phi) is 4.84. The van der Waals surface area contributed by atoms with Crippen molar-refractivity contribution in [3.05, 3.63) is 34.4 Å². The van der Waals surface area contributed by atoms with Crippen LogP contribution < -0.4 is 10.2 Å². The van der Waals surface area contributed by atoms with Crippen LogP contribution >= 0.6 is 11.3 Å². The molecule has 0 saturated carbocycles. The van der Waals surface area contributed by atoms with Crippen LogP contribution in [0.15, 0.2) is 23.7 Å². The summed E-state index contributed by atoms with van der Waals surface area (Å²) in [6.07, 6.45) is 2.30. The standard InChI is InChI=1S/C15H20FN5S/c1-17-14-13(16)10-18-15(19-14)21-6-3-5-20(7-8-21)11-12-4-2-9-22-12/h2,4,9-10H,3,5-8,11H2,1H3,(H,17,18,19). The molecule has 0 unspecified atom stereocenters. The number of halogens is 1. The average molecular weight is 321 g/mol. The van der Waals surface area contributed by atoms with E-state index >= 15 is 0 Å². The van der Waals surface area contributed by atoms with Crippen molar-refractivity contribution < 1.29 is 4.39 Å². The number of anilines is 2. The maximum atomic E-state index is 13.5. The molecule has 2 aromatic rings. The second-order valence-electron chi connectivity index (χ2n) is 5.31. The Morgan fingerprint density at radius 1 is 1.32 bits per heavy atom. The van der Waals surface area contributed by atoms with Gasteiger partial charge in [0.15, 0.2) is 11.6 Å². The molecule has 1 saturated heterocycles. The summed E-state index contributed by atoms with van der Waals surface area (Å²) in [7, 11) is 1.67. The van der Waals surface area contributed by atoms with Gasteiger partial charge in [0.05, 0.1) is 6.20 Å². The zero-order valence-electron chi connectivity index (χ0n) is 12.6. The molecule has 1 aliphatic rings. The Morgan fingerprint density at radius 2 is 2.23 bits per heavy atom. The lowest BCUT2D eigenvalue weighted by atomic mass is 10.3. The number of hydrogen-bond donors (Lipinski definition) is 1. The summed E-state index contributed by atoms with van der Waals surface area (Å²) in [4.78, 5) is 14.4. The van der Waals surface area contributed by atoms with Crippen LogP contribution in [-0.2, 0) is 6.54 Å². The van der Waals surface area contributed by atoms with Crippen molar-refractivity contribution in [3.8, 4) is 0 Å². The zero-order valence-corrected chi connectivity index (χ0v) is 13.4. The van der Waals surface area contributed by atoms with Crippen LogP contribution in [0.2, 0.25) is 0 Å². The summed E-state index contributed by atoms with van der Waals surface area (Å²) in [5.41, 5.74) is 0. The third-order valence-corrected chi connectivity index (χ3v) is 4.66. The summed E-state index contributed by atoms with van der Waals surface area (Å²) < 4.78 is 13.5. The lowest BCUT2D eigenvalue weighted by Crippen LogP contribution is -2.31. The van der Waals surface area contributed by atoms with E-state index in [1.807, 2.05) is 0 Å². The molecule has 0 atom stereocenters. The Balaban J connectivity index is 1.64. The topological polar surface area (TPSA) is 44.3 Å². The summed E-state index contributed by atoms with van der Waals surface area (Å²) in [5, 5.41) is 4.88. The second-order valence-corrected chi connectivity index (χ2v) is 6.34. The minimum atomic E-state index is -0.416. The first kappa shape index (κ1) is 15.2. The predicted molar refractivity (Wildman–Crippen MR) is 88.0 cm³/mol. The SMILES string of the molecule is CNc1nc(N2CCCN(Cc3cccs3)CC2)ncc1F. The first-order valence-corrected chi connectivity index (χ1v) is 8.34. The fraction of sp³-hybridized carbons (Fsp3) is 0.467. The highest BCUT2D eigenvalue weighted by atomic mass is 32.1. The van der Waals surface area contributed by atoms with Gasteiger partial charge in [0.25, 0.3) is 0 Å². The molecule has 1 fully saturated rings. The van der Waals surface area contributed by atoms with Crippen molar-refractivity contribution in [2.45, 2.75) is 13.0 Å². The first-order valence-electron chi connectivity index (χ1n) is 7.46. The van der Waals surface area contributed by atoms with Gasteiger partial charge in [-0.15, -0.1) is 11.3 Å². The average Bonchev–Trinajstić information content (AvgIpc) is 2.93. The minimum Gasteiger partial charge on any atom is -0.371 e. The van der Waals surface area contributed by atoms with E-state index < -0.39 is 5.82 Å². The monoisotopic (exact) mass is 321 g/mol. The van der Waals surface area contributed by atoms with E-state index in [4.69, 9.17) is 0 Å². The van der Waals surface area contributed by atoms with Crippen LogP contribution in [0.4, 0.5) is 16.2 Å². The molecule has 0 aromatic carbocycles. The highest BCUT2D eigenvalue weighted by molar-refractivity contribution is 7.09. The Morgan fingerprint density at radius 3 is 3.00 bits per heavy atom. The van der Waals surface area contributed by atoms with Gasteiger partial charge in [-0.1, -0.05) is 6.07 Å². The molecule has 0 aliphatic carbocycles. The molecule has 1 aliphatic heterocycles. The quantitative estimate of drug-likeness (QED) is 0.937. The van der Waals surface area contributed by atoms with Crippen molar-refractivity contribution in [2.24, 2.45) is 0 Å². The molecular formula is C15H20FN5S. The van der Waals surface area contributed by atoms with E-state index in [0.717, 1.165) is 39.1 Å². The number of nitrogens with zero attached hydrogens (tertiary/aromatic N) is 4. The molecule has 2 aromatic heterocycles. The Hall–Kier alpha value is -1.73. The number of aromatic nitrogens is 2. The van der Waals surface area contributed by atoms with E-state index in [-0.39, 0.29) is 5.82 Å². The molecule has 0 amide bonds. The second kappa shape index (κ2) is 7.02. The van der Waals surface area contributed by atoms with Crippen molar-refractivity contribution >= 4 is 23.1 Å². The van der Waals surface area contributed by atoms with E-state index in [0.29, 0.717) is 5.95 Å². The van der Waals surface area contributed by atoms with Crippen molar-refractivity contribution in [3.63, 3.8) is 0 Å². The number of rotatable bonds is 4. The number of hydrogen-bond acceptors (Lipinski definition) is 6. The zero-order chi connectivity index (χ0) is 15.4. The maximum absolute atomic E-state index is 13.5. The van der Waals surface area contributed by atoms with Crippen molar-refractivity contribution in [2.75, 3.05) is 43.4 Å². The summed E-state index contributed by atoms with van der Waals surface area (Å²) in [5.74, 6) is 0.439. The lowest BCUT2D eigenvalue weighted by Gasteiger charge is -2.22. The van der Waals surface area contributed by atoms with Crippen LogP contribution in [0, 0.1) is 5.82 Å². The summed E-state index contributed by atoms with van der Waals surface area (Å²) in [6, 6.07) is 4.27. The molecule has 3 heterocycles. The van der Waals surface area contributed by atoms with Gasteiger partial charge < -0.3 is 10.2 Å². The Bertz CT molecular complexity index is 604. The van der Waals surface area contributed by atoms with Crippen LogP contribution in [0.25, 0.3) is 0 Å². The molecule has 0 radical (unpaired) electrons. The lowest BCUT2D eigenvalue weighted by molar-refractivity contribution is 0.288. The van der Waals surface area contributed by atoms with Gasteiger partial charge in [0.1, 0.15) is 0 Å². The molecule has 1 N–H and O–H groups in total. The first-order chi connectivity index (χ1) is 10.8. The van der Waals surface area contributed by atoms with E-state index in [9.17, 15) is 4.39 Å². The normalized spacial score (nSPS) is 16.5.